The van der Waals surface area contributed by atoms with Gasteiger partial charge in [0, 0.05) is 13.1 Å². The summed E-state index contributed by atoms with van der Waals surface area (Å²) in [5.41, 5.74) is 0. The molecular weight excluding hydrogens is 114 g/mol. The number of rotatable bonds is 1. The van der Waals surface area contributed by atoms with Crippen LogP contribution in [0.5, 0.6) is 0 Å². The molecule has 52 valence electrons. The van der Waals surface area contributed by atoms with Gasteiger partial charge in [-0.25, -0.2) is 0 Å². The normalized spacial score (nSPS) is 36.1. The second-order valence-corrected chi connectivity index (χ2v) is 2.38. The van der Waals surface area contributed by atoms with Crippen molar-refractivity contribution in [3.8, 4) is 0 Å². The van der Waals surface area contributed by atoms with Gasteiger partial charge < -0.3 is 10.1 Å². The summed E-state index contributed by atoms with van der Waals surface area (Å²) in [5.74, 6) is 0. The van der Waals surface area contributed by atoms with E-state index >= 15 is 0 Å². The first-order valence-electron chi connectivity index (χ1n) is 3.31. The Morgan fingerprint density at radius 2 is 2.44 bits per heavy atom. The van der Waals surface area contributed by atoms with Crippen LogP contribution in [0.4, 0.5) is 0 Å². The Bertz CT molecular complexity index is 103. The summed E-state index contributed by atoms with van der Waals surface area (Å²) >= 11 is 0. The van der Waals surface area contributed by atoms with E-state index in [-0.39, 0.29) is 6.10 Å². The standard InChI is InChI=1S/C7H13NO/c1-3-7-5-8-4-6(2)9-7/h3,6-8H,1,4-5H2,2H3. The van der Waals surface area contributed by atoms with Gasteiger partial charge in [0.25, 0.3) is 0 Å². The summed E-state index contributed by atoms with van der Waals surface area (Å²) < 4.78 is 5.45. The molecule has 0 amide bonds. The van der Waals surface area contributed by atoms with E-state index < -0.39 is 0 Å². The van der Waals surface area contributed by atoms with Gasteiger partial charge in [0.05, 0.1) is 12.2 Å². The van der Waals surface area contributed by atoms with Gasteiger partial charge in [0.15, 0.2) is 0 Å². The Balaban J connectivity index is 2.31. The molecule has 1 heterocycles. The molecule has 1 N–H and O–H groups in total. The fourth-order valence-electron chi connectivity index (χ4n) is 0.962. The van der Waals surface area contributed by atoms with Crippen molar-refractivity contribution in [2.45, 2.75) is 19.1 Å². The van der Waals surface area contributed by atoms with Crippen LogP contribution in [0.25, 0.3) is 0 Å². The van der Waals surface area contributed by atoms with E-state index in [0.29, 0.717) is 6.10 Å². The van der Waals surface area contributed by atoms with Crippen LogP contribution in [-0.2, 0) is 4.74 Å². The molecule has 0 aromatic rings. The maximum atomic E-state index is 5.45. The van der Waals surface area contributed by atoms with Gasteiger partial charge in [-0.2, -0.15) is 0 Å². The van der Waals surface area contributed by atoms with Gasteiger partial charge in [-0.1, -0.05) is 6.08 Å². The van der Waals surface area contributed by atoms with Gasteiger partial charge in [-0.05, 0) is 6.92 Å². The molecule has 1 fully saturated rings. The SMILES string of the molecule is C=CC1CNCC(C)O1. The molecule has 9 heavy (non-hydrogen) atoms. The molecule has 0 saturated carbocycles. The average molecular weight is 127 g/mol. The van der Waals surface area contributed by atoms with Crippen LogP contribution in [0.15, 0.2) is 12.7 Å². The van der Waals surface area contributed by atoms with E-state index in [4.69, 9.17) is 4.74 Å². The van der Waals surface area contributed by atoms with Crippen LogP contribution in [0.3, 0.4) is 0 Å². The minimum Gasteiger partial charge on any atom is -0.369 e. The number of hydrogen-bond donors (Lipinski definition) is 1. The highest BCUT2D eigenvalue weighted by Gasteiger charge is 2.14. The number of nitrogens with one attached hydrogen (secondary N) is 1. The van der Waals surface area contributed by atoms with Gasteiger partial charge >= 0.3 is 0 Å². The first kappa shape index (κ1) is 6.78. The van der Waals surface area contributed by atoms with E-state index in [1.54, 1.807) is 0 Å². The lowest BCUT2D eigenvalue weighted by atomic mass is 10.2. The smallest absolute Gasteiger partial charge is 0.0881 e. The molecule has 0 radical (unpaired) electrons. The Morgan fingerprint density at radius 3 is 2.89 bits per heavy atom. The molecule has 1 saturated heterocycles. The largest absolute Gasteiger partial charge is 0.369 e. The summed E-state index contributed by atoms with van der Waals surface area (Å²) in [6, 6.07) is 0. The summed E-state index contributed by atoms with van der Waals surface area (Å²) in [6.07, 6.45) is 2.39. The molecule has 0 bridgehead atoms. The summed E-state index contributed by atoms with van der Waals surface area (Å²) in [5, 5.41) is 3.24. The fourth-order valence-corrected chi connectivity index (χ4v) is 0.962. The van der Waals surface area contributed by atoms with Gasteiger partial charge in [0.2, 0.25) is 0 Å². The van der Waals surface area contributed by atoms with Gasteiger partial charge in [-0.3, -0.25) is 0 Å². The van der Waals surface area contributed by atoms with Crippen molar-refractivity contribution in [1.82, 2.24) is 5.32 Å². The van der Waals surface area contributed by atoms with Gasteiger partial charge in [0.1, 0.15) is 0 Å². The lowest BCUT2D eigenvalue weighted by Crippen LogP contribution is -2.42. The van der Waals surface area contributed by atoms with Crippen molar-refractivity contribution >= 4 is 0 Å². The van der Waals surface area contributed by atoms with Crippen molar-refractivity contribution in [2.75, 3.05) is 13.1 Å². The molecule has 0 aliphatic carbocycles. The first-order chi connectivity index (χ1) is 4.33. The Morgan fingerprint density at radius 1 is 1.67 bits per heavy atom. The van der Waals surface area contributed by atoms with E-state index in [0.717, 1.165) is 13.1 Å². The number of ether oxygens (including phenoxy) is 1. The van der Waals surface area contributed by atoms with Crippen LogP contribution in [0.2, 0.25) is 0 Å². The zero-order valence-electron chi connectivity index (χ0n) is 5.76. The summed E-state index contributed by atoms with van der Waals surface area (Å²) in [6.45, 7) is 7.59. The molecule has 2 heteroatoms. The van der Waals surface area contributed by atoms with E-state index in [1.807, 2.05) is 6.08 Å². The second-order valence-electron chi connectivity index (χ2n) is 2.38. The van der Waals surface area contributed by atoms with Crippen molar-refractivity contribution < 1.29 is 4.74 Å². The van der Waals surface area contributed by atoms with Gasteiger partial charge in [-0.15, -0.1) is 6.58 Å². The Kier molecular flexibility index (Phi) is 2.25. The van der Waals surface area contributed by atoms with Crippen molar-refractivity contribution in [1.29, 1.82) is 0 Å². The summed E-state index contributed by atoms with van der Waals surface area (Å²) in [4.78, 5) is 0. The topological polar surface area (TPSA) is 21.3 Å². The third-order valence-corrected chi connectivity index (χ3v) is 1.45. The minimum absolute atomic E-state index is 0.216. The Labute approximate surface area is 55.9 Å². The molecule has 0 aromatic carbocycles. The first-order valence-corrected chi connectivity index (χ1v) is 3.31. The van der Waals surface area contributed by atoms with Crippen LogP contribution < -0.4 is 5.32 Å². The van der Waals surface area contributed by atoms with E-state index in [2.05, 4.69) is 18.8 Å². The Hall–Kier alpha value is -0.340. The maximum absolute atomic E-state index is 5.45. The van der Waals surface area contributed by atoms with Crippen molar-refractivity contribution in [3.63, 3.8) is 0 Å². The molecule has 1 rings (SSSR count). The molecule has 1 aliphatic heterocycles. The molecule has 2 unspecified atom stereocenters. The molecule has 1 aliphatic rings. The molecule has 0 aromatic heterocycles. The van der Waals surface area contributed by atoms with Crippen LogP contribution in [0.1, 0.15) is 6.92 Å². The highest BCUT2D eigenvalue weighted by molar-refractivity contribution is 4.85. The predicted molar refractivity (Wildman–Crippen MR) is 37.4 cm³/mol. The number of morpholine rings is 1. The third-order valence-electron chi connectivity index (χ3n) is 1.45. The zero-order chi connectivity index (χ0) is 6.69. The second kappa shape index (κ2) is 2.99. The van der Waals surface area contributed by atoms with E-state index in [1.165, 1.54) is 0 Å². The third kappa shape index (κ3) is 1.80. The monoisotopic (exact) mass is 127 g/mol. The highest BCUT2D eigenvalue weighted by atomic mass is 16.5. The predicted octanol–water partition coefficient (Wildman–Crippen LogP) is 0.549. The molecule has 2 nitrogen and oxygen atoms in total. The number of hydrogen-bond acceptors (Lipinski definition) is 2. The maximum Gasteiger partial charge on any atom is 0.0881 e. The quantitative estimate of drug-likeness (QED) is 0.519. The average Bonchev–Trinajstić information content (AvgIpc) is 1.88. The molecule has 2 atom stereocenters. The molecular formula is C7H13NO. The fraction of sp³-hybridized carbons (Fsp3) is 0.714. The zero-order valence-corrected chi connectivity index (χ0v) is 5.76. The minimum atomic E-state index is 0.216. The van der Waals surface area contributed by atoms with Crippen LogP contribution in [-0.4, -0.2) is 25.3 Å². The van der Waals surface area contributed by atoms with Crippen LogP contribution in [0, 0.1) is 0 Å². The highest BCUT2D eigenvalue weighted by Crippen LogP contribution is 2.02. The lowest BCUT2D eigenvalue weighted by molar-refractivity contribution is -0.00124. The lowest BCUT2D eigenvalue weighted by Gasteiger charge is -2.26. The van der Waals surface area contributed by atoms with Crippen molar-refractivity contribution in [3.05, 3.63) is 12.7 Å². The molecule has 0 spiro atoms. The van der Waals surface area contributed by atoms with E-state index in [9.17, 15) is 0 Å². The summed E-state index contributed by atoms with van der Waals surface area (Å²) in [7, 11) is 0. The van der Waals surface area contributed by atoms with Crippen molar-refractivity contribution in [2.24, 2.45) is 0 Å². The van der Waals surface area contributed by atoms with Crippen LogP contribution >= 0.6 is 0 Å².